The van der Waals surface area contributed by atoms with E-state index in [9.17, 15) is 9.59 Å². The number of hydrogen-bond donors (Lipinski definition) is 2. The number of anilines is 1. The maximum Gasteiger partial charge on any atom is 0.227 e. The van der Waals surface area contributed by atoms with Gasteiger partial charge in [0.15, 0.2) is 0 Å². The van der Waals surface area contributed by atoms with Gasteiger partial charge in [0.05, 0.1) is 26.6 Å². The van der Waals surface area contributed by atoms with Gasteiger partial charge in [-0.25, -0.2) is 0 Å². The molecule has 1 aromatic carbocycles. The van der Waals surface area contributed by atoms with Crippen LogP contribution in [0.3, 0.4) is 0 Å². The second-order valence-corrected chi connectivity index (χ2v) is 6.53. The van der Waals surface area contributed by atoms with E-state index in [0.717, 1.165) is 25.1 Å². The Labute approximate surface area is 138 Å². The zero-order valence-electron chi connectivity index (χ0n) is 14.4. The summed E-state index contributed by atoms with van der Waals surface area (Å²) in [6, 6.07) is 8.02. The van der Waals surface area contributed by atoms with Crippen LogP contribution in [0.4, 0.5) is 5.69 Å². The molecule has 5 nitrogen and oxygen atoms in total. The molecule has 1 fully saturated rings. The molecule has 0 aromatic heterocycles. The number of carbonyl (C=O) groups is 2. The number of nitrogens with zero attached hydrogens (tertiary/aromatic N) is 1. The van der Waals surface area contributed by atoms with Gasteiger partial charge in [0.1, 0.15) is 0 Å². The van der Waals surface area contributed by atoms with E-state index in [-0.39, 0.29) is 17.7 Å². The van der Waals surface area contributed by atoms with Gasteiger partial charge in [-0.2, -0.15) is 0 Å². The highest BCUT2D eigenvalue weighted by atomic mass is 16.2. The van der Waals surface area contributed by atoms with Crippen molar-refractivity contribution >= 4 is 17.5 Å². The highest BCUT2D eigenvalue weighted by Gasteiger charge is 2.34. The zero-order valence-corrected chi connectivity index (χ0v) is 14.4. The van der Waals surface area contributed by atoms with Crippen molar-refractivity contribution in [2.24, 2.45) is 5.92 Å². The summed E-state index contributed by atoms with van der Waals surface area (Å²) in [6.07, 6.45) is 2.24. The predicted octanol–water partition coefficient (Wildman–Crippen LogP) is 0.253. The van der Waals surface area contributed by atoms with Gasteiger partial charge in [0.25, 0.3) is 0 Å². The van der Waals surface area contributed by atoms with Gasteiger partial charge >= 0.3 is 0 Å². The number of hydrogen-bond acceptors (Lipinski definition) is 2. The van der Waals surface area contributed by atoms with Crippen molar-refractivity contribution in [3.63, 3.8) is 0 Å². The standard InChI is InChI=1S/C18H27N3O2/c1-4-14-6-8-16(9-7-14)21-13-15(12-17(21)22)18(23)19-10-5-11-20(2)3/h6-9,15H,4-5,10-13H2,1-3H3,(H,19,23)/p+1/t15-/m1/s1. The number of benzene rings is 1. The first-order valence-electron chi connectivity index (χ1n) is 8.47. The Morgan fingerprint density at radius 3 is 2.61 bits per heavy atom. The molecule has 0 bridgehead atoms. The van der Waals surface area contributed by atoms with E-state index in [1.165, 1.54) is 10.5 Å². The number of nitrogens with one attached hydrogen (secondary N) is 2. The van der Waals surface area contributed by atoms with Crippen LogP contribution >= 0.6 is 0 Å². The van der Waals surface area contributed by atoms with Crippen LogP contribution in [-0.2, 0) is 16.0 Å². The van der Waals surface area contributed by atoms with Gasteiger partial charge in [-0.05, 0) is 24.1 Å². The van der Waals surface area contributed by atoms with Gasteiger partial charge in [-0.15, -0.1) is 0 Å². The van der Waals surface area contributed by atoms with E-state index in [0.29, 0.717) is 19.5 Å². The molecule has 1 aliphatic heterocycles. The molecule has 1 aliphatic rings. The summed E-state index contributed by atoms with van der Waals surface area (Å²) in [6.45, 7) is 4.29. The molecule has 1 heterocycles. The van der Waals surface area contributed by atoms with Gasteiger partial charge in [0, 0.05) is 31.6 Å². The number of carbonyl (C=O) groups excluding carboxylic acids is 2. The van der Waals surface area contributed by atoms with Crippen LogP contribution in [0.25, 0.3) is 0 Å². The second-order valence-electron chi connectivity index (χ2n) is 6.53. The molecule has 1 saturated heterocycles. The summed E-state index contributed by atoms with van der Waals surface area (Å²) in [5.74, 6) is -0.202. The van der Waals surface area contributed by atoms with Crippen LogP contribution in [0.15, 0.2) is 24.3 Å². The lowest BCUT2D eigenvalue weighted by molar-refractivity contribution is -0.858. The Morgan fingerprint density at radius 2 is 2.00 bits per heavy atom. The molecule has 2 N–H and O–H groups in total. The van der Waals surface area contributed by atoms with Crippen molar-refractivity contribution < 1.29 is 14.5 Å². The number of quaternary nitrogens is 1. The Morgan fingerprint density at radius 1 is 1.30 bits per heavy atom. The van der Waals surface area contributed by atoms with E-state index in [1.54, 1.807) is 4.90 Å². The summed E-state index contributed by atoms with van der Waals surface area (Å²) in [5.41, 5.74) is 2.14. The third kappa shape index (κ3) is 4.79. The van der Waals surface area contributed by atoms with E-state index < -0.39 is 0 Å². The van der Waals surface area contributed by atoms with Crippen molar-refractivity contribution in [3.05, 3.63) is 29.8 Å². The molecule has 0 unspecified atom stereocenters. The molecule has 0 spiro atoms. The van der Waals surface area contributed by atoms with Crippen LogP contribution in [0.1, 0.15) is 25.3 Å². The summed E-state index contributed by atoms with van der Waals surface area (Å²) < 4.78 is 0. The molecule has 0 saturated carbocycles. The molecule has 2 rings (SSSR count). The van der Waals surface area contributed by atoms with Crippen molar-refractivity contribution in [1.82, 2.24) is 5.32 Å². The Hall–Kier alpha value is -1.88. The minimum absolute atomic E-state index is 0.000200. The third-order valence-corrected chi connectivity index (χ3v) is 4.30. The monoisotopic (exact) mass is 318 g/mol. The van der Waals surface area contributed by atoms with Crippen LogP contribution in [0.5, 0.6) is 0 Å². The minimum Gasteiger partial charge on any atom is -0.356 e. The van der Waals surface area contributed by atoms with Crippen LogP contribution in [0.2, 0.25) is 0 Å². The SMILES string of the molecule is CCc1ccc(N2C[C@H](C(=O)NCCC[NH+](C)C)CC2=O)cc1. The molecular formula is C18H28N3O2+. The van der Waals surface area contributed by atoms with Gasteiger partial charge in [-0.3, -0.25) is 9.59 Å². The smallest absolute Gasteiger partial charge is 0.227 e. The first kappa shape index (κ1) is 17.5. The molecule has 0 aliphatic carbocycles. The van der Waals surface area contributed by atoms with Gasteiger partial charge in [0.2, 0.25) is 11.8 Å². The Bertz CT molecular complexity index is 540. The van der Waals surface area contributed by atoms with Crippen LogP contribution in [0, 0.1) is 5.92 Å². The molecule has 0 radical (unpaired) electrons. The third-order valence-electron chi connectivity index (χ3n) is 4.30. The largest absolute Gasteiger partial charge is 0.356 e. The van der Waals surface area contributed by atoms with Crippen molar-refractivity contribution in [2.75, 3.05) is 38.6 Å². The number of amides is 2. The average molecular weight is 318 g/mol. The fourth-order valence-electron chi connectivity index (χ4n) is 2.84. The van der Waals surface area contributed by atoms with E-state index in [1.807, 2.05) is 24.3 Å². The topological polar surface area (TPSA) is 53.9 Å². The molecule has 2 amide bonds. The molecule has 1 aromatic rings. The molecule has 1 atom stereocenters. The quantitative estimate of drug-likeness (QED) is 0.708. The summed E-state index contributed by atoms with van der Waals surface area (Å²) in [4.78, 5) is 27.5. The highest BCUT2D eigenvalue weighted by molar-refractivity contribution is 6.00. The summed E-state index contributed by atoms with van der Waals surface area (Å²) in [7, 11) is 4.19. The van der Waals surface area contributed by atoms with E-state index in [4.69, 9.17) is 0 Å². The van der Waals surface area contributed by atoms with Crippen molar-refractivity contribution in [2.45, 2.75) is 26.2 Å². The van der Waals surface area contributed by atoms with Crippen LogP contribution in [-0.4, -0.2) is 45.5 Å². The van der Waals surface area contributed by atoms with E-state index >= 15 is 0 Å². The van der Waals surface area contributed by atoms with E-state index in [2.05, 4.69) is 26.3 Å². The highest BCUT2D eigenvalue weighted by Crippen LogP contribution is 2.25. The fourth-order valence-corrected chi connectivity index (χ4v) is 2.84. The second kappa shape index (κ2) is 8.11. The summed E-state index contributed by atoms with van der Waals surface area (Å²) in [5, 5.41) is 2.96. The Balaban J connectivity index is 1.87. The summed E-state index contributed by atoms with van der Waals surface area (Å²) >= 11 is 0. The fraction of sp³-hybridized carbons (Fsp3) is 0.556. The van der Waals surface area contributed by atoms with Gasteiger partial charge < -0.3 is 15.1 Å². The van der Waals surface area contributed by atoms with Gasteiger partial charge in [-0.1, -0.05) is 19.1 Å². The maximum absolute atomic E-state index is 12.2. The van der Waals surface area contributed by atoms with Crippen molar-refractivity contribution in [1.29, 1.82) is 0 Å². The first-order valence-corrected chi connectivity index (χ1v) is 8.47. The molecular weight excluding hydrogens is 290 g/mol. The Kier molecular flexibility index (Phi) is 6.16. The molecule has 126 valence electrons. The number of aryl methyl sites for hydroxylation is 1. The maximum atomic E-state index is 12.2. The molecule has 5 heteroatoms. The average Bonchev–Trinajstić information content (AvgIpc) is 2.93. The minimum atomic E-state index is -0.236. The lowest BCUT2D eigenvalue weighted by Gasteiger charge is -2.17. The zero-order chi connectivity index (χ0) is 16.8. The number of rotatable bonds is 7. The normalized spacial score (nSPS) is 17.8. The van der Waals surface area contributed by atoms with Crippen molar-refractivity contribution in [3.8, 4) is 0 Å². The lowest BCUT2D eigenvalue weighted by Crippen LogP contribution is -3.05. The molecule has 23 heavy (non-hydrogen) atoms. The lowest BCUT2D eigenvalue weighted by atomic mass is 10.1. The van der Waals surface area contributed by atoms with Crippen LogP contribution < -0.4 is 15.1 Å². The first-order chi connectivity index (χ1) is 11.0. The predicted molar refractivity (Wildman–Crippen MR) is 91.6 cm³/mol.